The normalized spacial score (nSPS) is 14.6. The van der Waals surface area contributed by atoms with Gasteiger partial charge >= 0.3 is 13.2 Å². The molecule has 1 amide bonds. The molecule has 1 fully saturated rings. The van der Waals surface area contributed by atoms with Crippen molar-refractivity contribution in [1.82, 2.24) is 4.90 Å². The van der Waals surface area contributed by atoms with Crippen molar-refractivity contribution in [2.24, 2.45) is 0 Å². The SMILES string of the molecule is CC(C)(C)OC(=O)N(Cc1cc(F)c(B(O)O)cc1F)C1CC1. The summed E-state index contributed by atoms with van der Waals surface area (Å²) < 4.78 is 33.2. The Balaban J connectivity index is 2.21. The molecule has 0 heterocycles. The Hall–Kier alpha value is -1.67. The number of ether oxygens (including phenoxy) is 1. The number of carbonyl (C=O) groups excluding carboxylic acids is 1. The van der Waals surface area contributed by atoms with Crippen molar-refractivity contribution in [2.45, 2.75) is 51.8 Å². The number of amides is 1. The second-order valence-corrected chi connectivity index (χ2v) is 6.68. The van der Waals surface area contributed by atoms with Gasteiger partial charge in [-0.05, 0) is 45.7 Å². The van der Waals surface area contributed by atoms with E-state index in [0.717, 1.165) is 25.0 Å². The molecule has 1 aliphatic rings. The molecule has 2 N–H and O–H groups in total. The van der Waals surface area contributed by atoms with Crippen molar-refractivity contribution in [1.29, 1.82) is 0 Å². The van der Waals surface area contributed by atoms with Crippen molar-refractivity contribution < 1.29 is 28.4 Å². The van der Waals surface area contributed by atoms with Gasteiger partial charge in [0, 0.05) is 17.1 Å². The average molecular weight is 327 g/mol. The molecular formula is C15H20BF2NO4. The molecule has 0 bridgehead atoms. The van der Waals surface area contributed by atoms with Crippen LogP contribution in [0.4, 0.5) is 13.6 Å². The Kier molecular flexibility index (Phi) is 4.96. The smallest absolute Gasteiger partial charge is 0.444 e. The third kappa shape index (κ3) is 4.65. The first-order chi connectivity index (χ1) is 10.6. The highest BCUT2D eigenvalue weighted by molar-refractivity contribution is 6.58. The third-order valence-electron chi connectivity index (χ3n) is 3.40. The second-order valence-electron chi connectivity index (χ2n) is 6.68. The Labute approximate surface area is 134 Å². The summed E-state index contributed by atoms with van der Waals surface area (Å²) in [6.07, 6.45) is 0.999. The standard InChI is InChI=1S/C15H20BF2NO4/c1-15(2,3)23-14(20)19(10-4-5-10)8-9-6-13(18)11(16(21)22)7-12(9)17/h6-7,10,21-22H,4-5,8H2,1-3H3. The van der Waals surface area contributed by atoms with Gasteiger partial charge in [-0.1, -0.05) is 0 Å². The molecule has 1 aliphatic carbocycles. The monoisotopic (exact) mass is 327 g/mol. The van der Waals surface area contributed by atoms with Crippen LogP contribution in [0.1, 0.15) is 39.2 Å². The van der Waals surface area contributed by atoms with E-state index in [-0.39, 0.29) is 18.2 Å². The van der Waals surface area contributed by atoms with Crippen LogP contribution in [-0.4, -0.2) is 39.8 Å². The number of benzene rings is 1. The Morgan fingerprint density at radius 3 is 2.39 bits per heavy atom. The summed E-state index contributed by atoms with van der Waals surface area (Å²) in [7, 11) is -2.09. The Bertz CT molecular complexity index is 600. The molecule has 1 saturated carbocycles. The van der Waals surface area contributed by atoms with Crippen LogP contribution in [0.3, 0.4) is 0 Å². The van der Waals surface area contributed by atoms with E-state index in [9.17, 15) is 13.6 Å². The van der Waals surface area contributed by atoms with Crippen molar-refractivity contribution >= 4 is 18.7 Å². The number of hydrogen-bond donors (Lipinski definition) is 2. The van der Waals surface area contributed by atoms with Crippen molar-refractivity contribution in [2.75, 3.05) is 0 Å². The fraction of sp³-hybridized carbons (Fsp3) is 0.533. The number of rotatable bonds is 4. The maximum atomic E-state index is 14.1. The molecule has 0 aliphatic heterocycles. The summed E-state index contributed by atoms with van der Waals surface area (Å²) in [6.45, 7) is 5.05. The summed E-state index contributed by atoms with van der Waals surface area (Å²) >= 11 is 0. The first-order valence-electron chi connectivity index (χ1n) is 7.42. The maximum absolute atomic E-state index is 14.1. The van der Waals surface area contributed by atoms with Crippen LogP contribution in [0.2, 0.25) is 0 Å². The van der Waals surface area contributed by atoms with Crippen LogP contribution in [0, 0.1) is 11.6 Å². The number of hydrogen-bond acceptors (Lipinski definition) is 4. The van der Waals surface area contributed by atoms with E-state index in [2.05, 4.69) is 0 Å². The van der Waals surface area contributed by atoms with Gasteiger partial charge in [-0.2, -0.15) is 0 Å². The fourth-order valence-corrected chi connectivity index (χ4v) is 2.16. The minimum absolute atomic E-state index is 0.0374. The van der Waals surface area contributed by atoms with Crippen LogP contribution in [0.25, 0.3) is 0 Å². The quantitative estimate of drug-likeness (QED) is 0.823. The lowest BCUT2D eigenvalue weighted by molar-refractivity contribution is 0.0215. The van der Waals surface area contributed by atoms with Crippen molar-refractivity contribution in [3.05, 3.63) is 29.3 Å². The van der Waals surface area contributed by atoms with E-state index in [1.165, 1.54) is 4.90 Å². The van der Waals surface area contributed by atoms with Crippen LogP contribution < -0.4 is 5.46 Å². The van der Waals surface area contributed by atoms with E-state index in [1.54, 1.807) is 20.8 Å². The molecule has 1 aromatic carbocycles. The fourth-order valence-electron chi connectivity index (χ4n) is 2.16. The molecule has 2 rings (SSSR count). The summed E-state index contributed by atoms with van der Waals surface area (Å²) in [5.41, 5.74) is -1.26. The van der Waals surface area contributed by atoms with Gasteiger partial charge in [-0.25, -0.2) is 13.6 Å². The molecule has 1 aromatic rings. The first kappa shape index (κ1) is 17.7. The highest BCUT2D eigenvalue weighted by Crippen LogP contribution is 2.30. The molecule has 8 heteroatoms. The molecular weight excluding hydrogens is 307 g/mol. The van der Waals surface area contributed by atoms with Crippen LogP contribution in [0.5, 0.6) is 0 Å². The highest BCUT2D eigenvalue weighted by atomic mass is 19.1. The summed E-state index contributed by atoms with van der Waals surface area (Å²) in [5, 5.41) is 18.0. The van der Waals surface area contributed by atoms with Gasteiger partial charge in [-0.3, -0.25) is 0 Å². The molecule has 0 aromatic heterocycles. The first-order valence-corrected chi connectivity index (χ1v) is 7.42. The zero-order valence-electron chi connectivity index (χ0n) is 13.3. The van der Waals surface area contributed by atoms with Gasteiger partial charge in [0.2, 0.25) is 0 Å². The lowest BCUT2D eigenvalue weighted by Crippen LogP contribution is -2.38. The minimum Gasteiger partial charge on any atom is -0.444 e. The molecule has 0 spiro atoms. The van der Waals surface area contributed by atoms with Crippen molar-refractivity contribution in [3.63, 3.8) is 0 Å². The molecule has 0 saturated heterocycles. The highest BCUT2D eigenvalue weighted by Gasteiger charge is 2.36. The number of nitrogens with zero attached hydrogens (tertiary/aromatic N) is 1. The zero-order chi connectivity index (χ0) is 17.4. The average Bonchev–Trinajstić information content (AvgIpc) is 3.20. The largest absolute Gasteiger partial charge is 0.491 e. The lowest BCUT2D eigenvalue weighted by Gasteiger charge is -2.27. The van der Waals surface area contributed by atoms with Crippen LogP contribution in [0.15, 0.2) is 12.1 Å². The second kappa shape index (κ2) is 6.45. The van der Waals surface area contributed by atoms with Gasteiger partial charge in [0.25, 0.3) is 0 Å². The molecule has 5 nitrogen and oxygen atoms in total. The Morgan fingerprint density at radius 2 is 1.91 bits per heavy atom. The molecule has 126 valence electrons. The minimum atomic E-state index is -2.09. The van der Waals surface area contributed by atoms with Crippen molar-refractivity contribution in [3.8, 4) is 0 Å². The van der Waals surface area contributed by atoms with Crippen LogP contribution >= 0.6 is 0 Å². The lowest BCUT2D eigenvalue weighted by atomic mass is 9.79. The van der Waals surface area contributed by atoms with E-state index >= 15 is 0 Å². The van der Waals surface area contributed by atoms with Gasteiger partial charge in [0.05, 0.1) is 6.54 Å². The van der Waals surface area contributed by atoms with Gasteiger partial charge in [0.1, 0.15) is 17.2 Å². The molecule has 0 atom stereocenters. The topological polar surface area (TPSA) is 70.0 Å². The van der Waals surface area contributed by atoms with Crippen LogP contribution in [-0.2, 0) is 11.3 Å². The number of halogens is 2. The van der Waals surface area contributed by atoms with E-state index in [1.807, 2.05) is 0 Å². The summed E-state index contributed by atoms with van der Waals surface area (Å²) in [5.74, 6) is -1.74. The van der Waals surface area contributed by atoms with E-state index in [4.69, 9.17) is 14.8 Å². The number of carbonyl (C=O) groups is 1. The zero-order valence-corrected chi connectivity index (χ0v) is 13.3. The molecule has 0 radical (unpaired) electrons. The third-order valence-corrected chi connectivity index (χ3v) is 3.40. The predicted octanol–water partition coefficient (Wildman–Crippen LogP) is 1.54. The maximum Gasteiger partial charge on any atom is 0.491 e. The molecule has 23 heavy (non-hydrogen) atoms. The Morgan fingerprint density at radius 1 is 1.30 bits per heavy atom. The van der Waals surface area contributed by atoms with Gasteiger partial charge in [-0.15, -0.1) is 0 Å². The van der Waals surface area contributed by atoms with E-state index in [0.29, 0.717) is 0 Å². The summed E-state index contributed by atoms with van der Waals surface area (Å²) in [6, 6.07) is 1.56. The van der Waals surface area contributed by atoms with E-state index < -0.39 is 35.9 Å². The molecule has 0 unspecified atom stereocenters. The predicted molar refractivity (Wildman–Crippen MR) is 81.0 cm³/mol. The van der Waals surface area contributed by atoms with Gasteiger partial charge in [0.15, 0.2) is 0 Å². The summed E-state index contributed by atoms with van der Waals surface area (Å²) in [4.78, 5) is 13.6. The van der Waals surface area contributed by atoms with Gasteiger partial charge < -0.3 is 19.7 Å².